The Kier molecular flexibility index (Phi) is 6.72. The molecular formula is C11H17ClN2O3. The molecule has 1 atom stereocenters. The summed E-state index contributed by atoms with van der Waals surface area (Å²) in [5.74, 6) is 0. The maximum Gasteiger partial charge on any atom is 0.275 e. The molecule has 17 heavy (non-hydrogen) atoms. The van der Waals surface area contributed by atoms with Crippen molar-refractivity contribution in [1.29, 1.82) is 0 Å². The molecule has 0 bridgehead atoms. The first-order valence-corrected chi connectivity index (χ1v) is 5.17. The Labute approximate surface area is 106 Å². The molecule has 0 aromatic heterocycles. The van der Waals surface area contributed by atoms with E-state index in [-0.39, 0.29) is 24.1 Å². The molecule has 0 heterocycles. The number of nitro benzene ring substituents is 1. The molecule has 0 aliphatic carbocycles. The molecule has 0 aliphatic rings. The van der Waals surface area contributed by atoms with Crippen molar-refractivity contribution in [1.82, 2.24) is 5.32 Å². The number of nitrogens with one attached hydrogen (secondary N) is 1. The third kappa shape index (κ3) is 4.68. The van der Waals surface area contributed by atoms with E-state index in [1.165, 1.54) is 6.07 Å². The number of benzene rings is 1. The monoisotopic (exact) mass is 260 g/mol. The van der Waals surface area contributed by atoms with Crippen LogP contribution in [0, 0.1) is 10.1 Å². The van der Waals surface area contributed by atoms with E-state index in [2.05, 4.69) is 5.32 Å². The minimum absolute atomic E-state index is 0. The first-order valence-electron chi connectivity index (χ1n) is 5.17. The minimum atomic E-state index is -0.857. The van der Waals surface area contributed by atoms with Gasteiger partial charge in [-0.3, -0.25) is 10.1 Å². The summed E-state index contributed by atoms with van der Waals surface area (Å²) in [6, 6.07) is 6.47. The largest absolute Gasteiger partial charge is 0.387 e. The zero-order valence-corrected chi connectivity index (χ0v) is 10.6. The van der Waals surface area contributed by atoms with Crippen LogP contribution in [-0.2, 0) is 0 Å². The first-order chi connectivity index (χ1) is 7.52. The highest BCUT2D eigenvalue weighted by Gasteiger charge is 2.19. The second kappa shape index (κ2) is 7.21. The first kappa shape index (κ1) is 15.8. The maximum atomic E-state index is 10.7. The van der Waals surface area contributed by atoms with E-state index < -0.39 is 11.0 Å². The van der Waals surface area contributed by atoms with E-state index in [0.29, 0.717) is 12.1 Å². The number of nitrogens with zero attached hydrogens (tertiary/aromatic N) is 1. The zero-order valence-electron chi connectivity index (χ0n) is 9.79. The molecule has 96 valence electrons. The van der Waals surface area contributed by atoms with E-state index in [1.54, 1.807) is 18.2 Å². The van der Waals surface area contributed by atoms with Crippen LogP contribution in [-0.4, -0.2) is 22.6 Å². The van der Waals surface area contributed by atoms with Crippen LogP contribution in [0.5, 0.6) is 0 Å². The molecule has 0 spiro atoms. The molecule has 1 rings (SSSR count). The number of nitro groups is 1. The van der Waals surface area contributed by atoms with Gasteiger partial charge in [-0.2, -0.15) is 0 Å². The topological polar surface area (TPSA) is 75.4 Å². The average Bonchev–Trinajstić information content (AvgIpc) is 2.25. The van der Waals surface area contributed by atoms with Gasteiger partial charge in [-0.1, -0.05) is 26.0 Å². The Bertz CT molecular complexity index is 371. The highest BCUT2D eigenvalue weighted by atomic mass is 35.5. The smallest absolute Gasteiger partial charge is 0.275 e. The van der Waals surface area contributed by atoms with E-state index in [0.717, 1.165) is 0 Å². The van der Waals surface area contributed by atoms with Crippen LogP contribution in [0.25, 0.3) is 0 Å². The molecule has 0 amide bonds. The number of aliphatic hydroxyl groups excluding tert-OH is 1. The van der Waals surface area contributed by atoms with Crippen molar-refractivity contribution >= 4 is 18.1 Å². The molecular weight excluding hydrogens is 244 g/mol. The second-order valence-electron chi connectivity index (χ2n) is 3.89. The van der Waals surface area contributed by atoms with Gasteiger partial charge in [-0.05, 0) is 6.07 Å². The van der Waals surface area contributed by atoms with Crippen LogP contribution in [0.1, 0.15) is 25.5 Å². The standard InChI is InChI=1S/C11H16N2O3.ClH/c1-8(2)12-7-11(14)9-5-3-4-6-10(9)13(15)16;/h3-6,8,11-12,14H,7H2,1-2H3;1H. The average molecular weight is 261 g/mol. The molecule has 5 nitrogen and oxygen atoms in total. The van der Waals surface area contributed by atoms with Gasteiger partial charge in [0, 0.05) is 18.7 Å². The predicted molar refractivity (Wildman–Crippen MR) is 68.4 cm³/mol. The van der Waals surface area contributed by atoms with Gasteiger partial charge in [-0.15, -0.1) is 12.4 Å². The van der Waals surface area contributed by atoms with Crippen LogP contribution in [0.4, 0.5) is 5.69 Å². The summed E-state index contributed by atoms with van der Waals surface area (Å²) in [5.41, 5.74) is 0.307. The van der Waals surface area contributed by atoms with Crippen molar-refractivity contribution in [3.05, 3.63) is 39.9 Å². The van der Waals surface area contributed by atoms with Crippen LogP contribution >= 0.6 is 12.4 Å². The maximum absolute atomic E-state index is 10.7. The lowest BCUT2D eigenvalue weighted by molar-refractivity contribution is -0.386. The summed E-state index contributed by atoms with van der Waals surface area (Å²) in [6.07, 6.45) is -0.857. The van der Waals surface area contributed by atoms with Crippen molar-refractivity contribution in [2.45, 2.75) is 26.0 Å². The van der Waals surface area contributed by atoms with Crippen LogP contribution < -0.4 is 5.32 Å². The van der Waals surface area contributed by atoms with E-state index in [4.69, 9.17) is 0 Å². The van der Waals surface area contributed by atoms with Gasteiger partial charge in [0.2, 0.25) is 0 Å². The molecule has 0 radical (unpaired) electrons. The minimum Gasteiger partial charge on any atom is -0.387 e. The van der Waals surface area contributed by atoms with Crippen molar-refractivity contribution in [3.8, 4) is 0 Å². The Balaban J connectivity index is 0.00000256. The van der Waals surface area contributed by atoms with Gasteiger partial charge < -0.3 is 10.4 Å². The number of rotatable bonds is 5. The van der Waals surface area contributed by atoms with Crippen LogP contribution in [0.2, 0.25) is 0 Å². The van der Waals surface area contributed by atoms with Gasteiger partial charge >= 0.3 is 0 Å². The highest BCUT2D eigenvalue weighted by Crippen LogP contribution is 2.24. The Morgan fingerprint density at radius 2 is 2.00 bits per heavy atom. The molecule has 0 aliphatic heterocycles. The third-order valence-corrected chi connectivity index (χ3v) is 2.21. The molecule has 0 fully saturated rings. The summed E-state index contributed by atoms with van der Waals surface area (Å²) < 4.78 is 0. The summed E-state index contributed by atoms with van der Waals surface area (Å²) in [4.78, 5) is 10.3. The van der Waals surface area contributed by atoms with Gasteiger partial charge in [0.05, 0.1) is 16.6 Å². The van der Waals surface area contributed by atoms with Crippen molar-refractivity contribution < 1.29 is 10.0 Å². The van der Waals surface area contributed by atoms with Gasteiger partial charge in [-0.25, -0.2) is 0 Å². The number of aliphatic hydroxyl groups is 1. The Morgan fingerprint density at radius 3 is 2.53 bits per heavy atom. The lowest BCUT2D eigenvalue weighted by atomic mass is 10.1. The van der Waals surface area contributed by atoms with Crippen LogP contribution in [0.3, 0.4) is 0 Å². The SMILES string of the molecule is CC(C)NCC(O)c1ccccc1[N+](=O)[O-].Cl. The quantitative estimate of drug-likeness (QED) is 0.628. The normalized spacial score (nSPS) is 12.0. The van der Waals surface area contributed by atoms with Gasteiger partial charge in [0.15, 0.2) is 0 Å². The third-order valence-electron chi connectivity index (χ3n) is 2.21. The fraction of sp³-hybridized carbons (Fsp3) is 0.455. The summed E-state index contributed by atoms with van der Waals surface area (Å²) in [6.45, 7) is 4.21. The summed E-state index contributed by atoms with van der Waals surface area (Å²) in [5, 5.41) is 23.6. The molecule has 0 saturated carbocycles. The van der Waals surface area contributed by atoms with Crippen LogP contribution in [0.15, 0.2) is 24.3 Å². The van der Waals surface area contributed by atoms with E-state index in [1.807, 2.05) is 13.8 Å². The molecule has 0 saturated heterocycles. The Morgan fingerprint density at radius 1 is 1.41 bits per heavy atom. The highest BCUT2D eigenvalue weighted by molar-refractivity contribution is 5.85. The number of hydrogen-bond acceptors (Lipinski definition) is 4. The van der Waals surface area contributed by atoms with E-state index in [9.17, 15) is 15.2 Å². The summed E-state index contributed by atoms with van der Waals surface area (Å²) in [7, 11) is 0. The molecule has 1 aromatic carbocycles. The van der Waals surface area contributed by atoms with Gasteiger partial charge in [0.1, 0.15) is 0 Å². The molecule has 2 N–H and O–H groups in total. The van der Waals surface area contributed by atoms with Crippen molar-refractivity contribution in [2.75, 3.05) is 6.54 Å². The molecule has 1 aromatic rings. The van der Waals surface area contributed by atoms with Gasteiger partial charge in [0.25, 0.3) is 5.69 Å². The Hall–Kier alpha value is -1.17. The fourth-order valence-electron chi connectivity index (χ4n) is 1.39. The molecule has 6 heteroatoms. The van der Waals surface area contributed by atoms with Crippen molar-refractivity contribution in [3.63, 3.8) is 0 Å². The van der Waals surface area contributed by atoms with E-state index >= 15 is 0 Å². The van der Waals surface area contributed by atoms with Crippen molar-refractivity contribution in [2.24, 2.45) is 0 Å². The lowest BCUT2D eigenvalue weighted by Gasteiger charge is -2.14. The second-order valence-corrected chi connectivity index (χ2v) is 3.89. The number of halogens is 1. The lowest BCUT2D eigenvalue weighted by Crippen LogP contribution is -2.28. The fourth-order valence-corrected chi connectivity index (χ4v) is 1.39. The molecule has 1 unspecified atom stereocenters. The predicted octanol–water partition coefficient (Wildman–Crippen LogP) is 2.05. The number of hydrogen-bond donors (Lipinski definition) is 2. The summed E-state index contributed by atoms with van der Waals surface area (Å²) >= 11 is 0. The zero-order chi connectivity index (χ0) is 12.1. The number of para-hydroxylation sites is 1.